The fourth-order valence-corrected chi connectivity index (χ4v) is 4.19. The minimum absolute atomic E-state index is 0.0119. The lowest BCUT2D eigenvalue weighted by atomic mass is 10.1. The van der Waals surface area contributed by atoms with Crippen molar-refractivity contribution in [3.05, 3.63) is 65.2 Å². The van der Waals surface area contributed by atoms with Gasteiger partial charge in [0.1, 0.15) is 0 Å². The number of ether oxygens (including phenoxy) is 1. The number of nitrogens with one attached hydrogen (secondary N) is 1. The smallest absolute Gasteiger partial charge is 0.306 e. The highest BCUT2D eigenvalue weighted by molar-refractivity contribution is 7.18. The zero-order valence-electron chi connectivity index (χ0n) is 17.5. The van der Waals surface area contributed by atoms with Crippen LogP contribution in [0.25, 0.3) is 10.2 Å². The summed E-state index contributed by atoms with van der Waals surface area (Å²) in [6, 6.07) is 18.2. The molecule has 1 amide bonds. The van der Waals surface area contributed by atoms with Crippen LogP contribution in [-0.2, 0) is 27.2 Å². The lowest BCUT2D eigenvalue weighted by molar-refractivity contribution is -0.155. The molecule has 0 saturated carbocycles. The third kappa shape index (κ3) is 6.66. The summed E-state index contributed by atoms with van der Waals surface area (Å²) in [4.78, 5) is 29.0. The Balaban J connectivity index is 1.35. The molecule has 2 aromatic carbocycles. The van der Waals surface area contributed by atoms with Crippen molar-refractivity contribution >= 4 is 33.4 Å². The number of hydrogen-bond acceptors (Lipinski definition) is 5. The van der Waals surface area contributed by atoms with Gasteiger partial charge in [-0.15, -0.1) is 11.3 Å². The predicted molar refractivity (Wildman–Crippen MR) is 120 cm³/mol. The molecule has 0 aliphatic rings. The Morgan fingerprint density at radius 1 is 1.03 bits per heavy atom. The van der Waals surface area contributed by atoms with Crippen LogP contribution in [0.5, 0.6) is 0 Å². The van der Waals surface area contributed by atoms with E-state index < -0.39 is 6.10 Å². The lowest BCUT2D eigenvalue weighted by Gasteiger charge is -2.18. The number of nitrogens with zero attached hydrogens (tertiary/aromatic N) is 1. The van der Waals surface area contributed by atoms with Crippen molar-refractivity contribution < 1.29 is 14.3 Å². The van der Waals surface area contributed by atoms with E-state index >= 15 is 0 Å². The average molecular weight is 425 g/mol. The molecule has 158 valence electrons. The molecule has 0 saturated heterocycles. The molecule has 0 fully saturated rings. The van der Waals surface area contributed by atoms with Gasteiger partial charge in [-0.05, 0) is 57.2 Å². The Hall–Kier alpha value is -2.73. The molecule has 30 heavy (non-hydrogen) atoms. The van der Waals surface area contributed by atoms with E-state index in [0.717, 1.165) is 34.5 Å². The Morgan fingerprint density at radius 3 is 2.53 bits per heavy atom. The topological polar surface area (TPSA) is 68.3 Å². The van der Waals surface area contributed by atoms with E-state index in [2.05, 4.69) is 22.4 Å². The van der Waals surface area contributed by atoms with Gasteiger partial charge in [0.05, 0.1) is 15.2 Å². The van der Waals surface area contributed by atoms with E-state index in [4.69, 9.17) is 4.74 Å². The molecule has 6 heteroatoms. The molecule has 0 radical (unpaired) electrons. The highest BCUT2D eigenvalue weighted by atomic mass is 32.1. The Bertz CT molecular complexity index is 938. The Labute approximate surface area is 181 Å². The number of para-hydroxylation sites is 1. The first-order valence-electron chi connectivity index (χ1n) is 10.4. The number of rotatable bonds is 10. The number of carbonyl (C=O) groups excluding carboxylic acids is 2. The summed E-state index contributed by atoms with van der Waals surface area (Å²) < 4.78 is 6.46. The third-order valence-electron chi connectivity index (χ3n) is 4.88. The van der Waals surface area contributed by atoms with Crippen molar-refractivity contribution in [1.29, 1.82) is 0 Å². The predicted octanol–water partition coefficient (Wildman–Crippen LogP) is 4.69. The summed E-state index contributed by atoms with van der Waals surface area (Å²) in [5.41, 5.74) is 2.23. The number of aromatic nitrogens is 1. The van der Waals surface area contributed by atoms with Crippen LogP contribution >= 0.6 is 11.3 Å². The van der Waals surface area contributed by atoms with Crippen LogP contribution in [0.4, 0.5) is 0 Å². The van der Waals surface area contributed by atoms with Gasteiger partial charge in [0, 0.05) is 12.5 Å². The van der Waals surface area contributed by atoms with E-state index in [-0.39, 0.29) is 24.3 Å². The second kappa shape index (κ2) is 10.9. The lowest BCUT2D eigenvalue weighted by Crippen LogP contribution is -2.41. The molecular formula is C24H28N2O3S. The molecule has 0 spiro atoms. The van der Waals surface area contributed by atoms with Crippen LogP contribution < -0.4 is 5.32 Å². The van der Waals surface area contributed by atoms with E-state index in [1.807, 2.05) is 49.4 Å². The first kappa shape index (κ1) is 22.0. The number of carbonyl (C=O) groups is 2. The summed E-state index contributed by atoms with van der Waals surface area (Å²) in [7, 11) is 0. The molecule has 1 aromatic heterocycles. The first-order valence-corrected chi connectivity index (χ1v) is 11.2. The summed E-state index contributed by atoms with van der Waals surface area (Å²) >= 11 is 1.65. The highest BCUT2D eigenvalue weighted by Crippen LogP contribution is 2.22. The van der Waals surface area contributed by atoms with Gasteiger partial charge >= 0.3 is 5.97 Å². The monoisotopic (exact) mass is 424 g/mol. The van der Waals surface area contributed by atoms with Crippen LogP contribution in [0.2, 0.25) is 0 Å². The zero-order chi connectivity index (χ0) is 21.3. The number of benzene rings is 2. The minimum Gasteiger partial charge on any atom is -0.453 e. The molecule has 0 bridgehead atoms. The van der Waals surface area contributed by atoms with Gasteiger partial charge in [0.15, 0.2) is 6.10 Å². The van der Waals surface area contributed by atoms with Crippen LogP contribution in [-0.4, -0.2) is 29.0 Å². The van der Waals surface area contributed by atoms with Gasteiger partial charge < -0.3 is 10.1 Å². The van der Waals surface area contributed by atoms with E-state index in [1.54, 1.807) is 18.3 Å². The molecule has 0 unspecified atom stereocenters. The minimum atomic E-state index is -0.792. The molecule has 2 atom stereocenters. The molecular weight excluding hydrogens is 396 g/mol. The standard InChI is InChI=1S/C24H28N2O3S/c1-17(15-16-19-9-4-3-5-10-19)25-24(28)18(2)29-23(27)14-8-13-22-26-20-11-6-7-12-21(20)30-22/h3-7,9-12,17-18H,8,13-16H2,1-2H3,(H,25,28)/t17-,18+/m0/s1. The number of amides is 1. The van der Waals surface area contributed by atoms with Crippen molar-refractivity contribution in [2.24, 2.45) is 0 Å². The Morgan fingerprint density at radius 2 is 1.77 bits per heavy atom. The van der Waals surface area contributed by atoms with Crippen LogP contribution in [0.3, 0.4) is 0 Å². The Kier molecular flexibility index (Phi) is 7.97. The normalized spacial score (nSPS) is 13.0. The van der Waals surface area contributed by atoms with Gasteiger partial charge in [-0.25, -0.2) is 4.98 Å². The van der Waals surface area contributed by atoms with E-state index in [0.29, 0.717) is 6.42 Å². The van der Waals surface area contributed by atoms with Crippen molar-refractivity contribution in [3.63, 3.8) is 0 Å². The summed E-state index contributed by atoms with van der Waals surface area (Å²) in [6.45, 7) is 3.58. The highest BCUT2D eigenvalue weighted by Gasteiger charge is 2.19. The maximum atomic E-state index is 12.3. The van der Waals surface area contributed by atoms with E-state index in [9.17, 15) is 9.59 Å². The molecule has 3 aromatic rings. The largest absolute Gasteiger partial charge is 0.453 e. The van der Waals surface area contributed by atoms with Crippen molar-refractivity contribution in [1.82, 2.24) is 10.3 Å². The quantitative estimate of drug-likeness (QED) is 0.480. The second-order valence-corrected chi connectivity index (χ2v) is 8.61. The van der Waals surface area contributed by atoms with Crippen LogP contribution in [0.1, 0.15) is 43.7 Å². The number of esters is 1. The first-order chi connectivity index (χ1) is 14.5. The SMILES string of the molecule is C[C@@H](CCc1ccccc1)NC(=O)[C@@H](C)OC(=O)CCCc1nc2ccccc2s1. The maximum absolute atomic E-state index is 12.3. The third-order valence-corrected chi connectivity index (χ3v) is 5.98. The number of fused-ring (bicyclic) bond motifs is 1. The average Bonchev–Trinajstić information content (AvgIpc) is 3.15. The maximum Gasteiger partial charge on any atom is 0.306 e. The molecule has 0 aliphatic heterocycles. The van der Waals surface area contributed by atoms with Crippen molar-refractivity contribution in [2.45, 2.75) is 58.1 Å². The number of thiazole rings is 1. The fraction of sp³-hybridized carbons (Fsp3) is 0.375. The van der Waals surface area contributed by atoms with Gasteiger partial charge in [0.2, 0.25) is 0 Å². The summed E-state index contributed by atoms with van der Waals surface area (Å²) in [5, 5.41) is 3.94. The summed E-state index contributed by atoms with van der Waals surface area (Å²) in [6.07, 6.45) is 2.59. The second-order valence-electron chi connectivity index (χ2n) is 7.49. The fourth-order valence-electron chi connectivity index (χ4n) is 3.18. The molecule has 3 rings (SSSR count). The summed E-state index contributed by atoms with van der Waals surface area (Å²) in [5.74, 6) is -0.606. The molecule has 1 heterocycles. The van der Waals surface area contributed by atoms with Gasteiger partial charge in [-0.1, -0.05) is 42.5 Å². The van der Waals surface area contributed by atoms with E-state index in [1.165, 1.54) is 5.56 Å². The van der Waals surface area contributed by atoms with Crippen LogP contribution in [0.15, 0.2) is 54.6 Å². The van der Waals surface area contributed by atoms with Gasteiger partial charge in [0.25, 0.3) is 5.91 Å². The van der Waals surface area contributed by atoms with Crippen molar-refractivity contribution in [2.75, 3.05) is 0 Å². The van der Waals surface area contributed by atoms with Crippen LogP contribution in [0, 0.1) is 0 Å². The molecule has 0 aliphatic carbocycles. The van der Waals surface area contributed by atoms with Gasteiger partial charge in [-0.3, -0.25) is 9.59 Å². The van der Waals surface area contributed by atoms with Gasteiger partial charge in [-0.2, -0.15) is 0 Å². The number of hydrogen-bond donors (Lipinski definition) is 1. The molecule has 1 N–H and O–H groups in total. The number of aryl methyl sites for hydroxylation is 2. The zero-order valence-corrected chi connectivity index (χ0v) is 18.3. The molecule has 5 nitrogen and oxygen atoms in total. The van der Waals surface area contributed by atoms with Crippen molar-refractivity contribution in [3.8, 4) is 0 Å².